The number of ketones is 1. The molecule has 2 heterocycles. The molecule has 1 aliphatic rings. The molecule has 1 aromatic rings. The van der Waals surface area contributed by atoms with Crippen LogP contribution in [0, 0.1) is 0 Å². The third-order valence-electron chi connectivity index (χ3n) is 3.06. The fourth-order valence-electron chi connectivity index (χ4n) is 2.07. The van der Waals surface area contributed by atoms with E-state index in [9.17, 15) is 4.79 Å². The fourth-order valence-corrected chi connectivity index (χ4v) is 2.07. The lowest BCUT2D eigenvalue weighted by molar-refractivity contribution is -0.0157. The summed E-state index contributed by atoms with van der Waals surface area (Å²) in [6.45, 7) is 1.67. The molecule has 4 heteroatoms. The highest BCUT2D eigenvalue weighted by atomic mass is 16.5. The van der Waals surface area contributed by atoms with E-state index in [0.717, 1.165) is 25.9 Å². The highest BCUT2D eigenvalue weighted by Gasteiger charge is 2.40. The second-order valence-corrected chi connectivity index (χ2v) is 3.86. The average Bonchev–Trinajstić information content (AvgIpc) is 2.82. The number of aromatic amines is 1. The second kappa shape index (κ2) is 4.16. The number of hydrogen-bond donors (Lipinski definition) is 2. The molecule has 1 saturated heterocycles. The van der Waals surface area contributed by atoms with E-state index in [1.165, 1.54) is 0 Å². The maximum atomic E-state index is 12.2. The molecule has 0 aliphatic carbocycles. The molecule has 0 bridgehead atoms. The van der Waals surface area contributed by atoms with Gasteiger partial charge in [-0.15, -0.1) is 0 Å². The number of H-pyrrole nitrogens is 1. The molecule has 1 aromatic heterocycles. The summed E-state index contributed by atoms with van der Waals surface area (Å²) in [5, 5.41) is 3.23. The van der Waals surface area contributed by atoms with Crippen LogP contribution in [0.3, 0.4) is 0 Å². The van der Waals surface area contributed by atoms with Crippen LogP contribution in [0.5, 0.6) is 0 Å². The summed E-state index contributed by atoms with van der Waals surface area (Å²) in [7, 11) is 1.62. The van der Waals surface area contributed by atoms with Gasteiger partial charge in [0.2, 0.25) is 5.78 Å². The molecular formula is C11H16N2O2. The number of piperidine rings is 1. The lowest BCUT2D eigenvalue weighted by atomic mass is 9.86. The van der Waals surface area contributed by atoms with E-state index in [4.69, 9.17) is 4.74 Å². The van der Waals surface area contributed by atoms with Crippen LogP contribution >= 0.6 is 0 Å². The maximum Gasteiger partial charge on any atom is 0.210 e. The van der Waals surface area contributed by atoms with Crippen molar-refractivity contribution in [3.8, 4) is 0 Å². The third kappa shape index (κ3) is 1.82. The van der Waals surface area contributed by atoms with Crippen LogP contribution < -0.4 is 5.32 Å². The van der Waals surface area contributed by atoms with Gasteiger partial charge in [0, 0.05) is 13.3 Å². The van der Waals surface area contributed by atoms with Gasteiger partial charge in [0.15, 0.2) is 0 Å². The summed E-state index contributed by atoms with van der Waals surface area (Å²) < 4.78 is 5.45. The lowest BCUT2D eigenvalue weighted by Gasteiger charge is -2.34. The molecule has 0 saturated carbocycles. The van der Waals surface area contributed by atoms with Gasteiger partial charge in [0.05, 0.1) is 5.69 Å². The van der Waals surface area contributed by atoms with Crippen molar-refractivity contribution in [2.75, 3.05) is 20.2 Å². The molecule has 0 amide bonds. The highest BCUT2D eigenvalue weighted by molar-refractivity contribution is 6.01. The zero-order valence-electron chi connectivity index (χ0n) is 8.88. The van der Waals surface area contributed by atoms with E-state index in [-0.39, 0.29) is 5.78 Å². The zero-order chi connectivity index (χ0) is 10.7. The summed E-state index contributed by atoms with van der Waals surface area (Å²) in [5.74, 6) is 0.0662. The molecule has 0 spiro atoms. The predicted molar refractivity (Wildman–Crippen MR) is 57.0 cm³/mol. The van der Waals surface area contributed by atoms with E-state index in [2.05, 4.69) is 10.3 Å². The van der Waals surface area contributed by atoms with Crippen molar-refractivity contribution in [2.24, 2.45) is 0 Å². The first-order valence-electron chi connectivity index (χ1n) is 5.22. The molecule has 2 rings (SSSR count). The van der Waals surface area contributed by atoms with Crippen molar-refractivity contribution in [1.29, 1.82) is 0 Å². The summed E-state index contributed by atoms with van der Waals surface area (Å²) >= 11 is 0. The normalized spacial score (nSPS) is 20.1. The van der Waals surface area contributed by atoms with Crippen molar-refractivity contribution < 1.29 is 9.53 Å². The van der Waals surface area contributed by atoms with Crippen LogP contribution in [0.1, 0.15) is 23.3 Å². The molecule has 15 heavy (non-hydrogen) atoms. The number of carbonyl (C=O) groups excluding carboxylic acids is 1. The molecule has 2 N–H and O–H groups in total. The third-order valence-corrected chi connectivity index (χ3v) is 3.06. The minimum Gasteiger partial charge on any atom is -0.370 e. The van der Waals surface area contributed by atoms with Crippen LogP contribution in [-0.2, 0) is 4.74 Å². The number of ether oxygens (including phenoxy) is 1. The highest BCUT2D eigenvalue weighted by Crippen LogP contribution is 2.26. The van der Waals surface area contributed by atoms with Crippen molar-refractivity contribution in [2.45, 2.75) is 18.4 Å². The Balaban J connectivity index is 2.22. The van der Waals surface area contributed by atoms with Crippen LogP contribution in [-0.4, -0.2) is 36.6 Å². The maximum absolute atomic E-state index is 12.2. The Kier molecular flexibility index (Phi) is 2.88. The Morgan fingerprint density at radius 2 is 2.20 bits per heavy atom. The monoisotopic (exact) mass is 208 g/mol. The minimum absolute atomic E-state index is 0.0662. The van der Waals surface area contributed by atoms with Gasteiger partial charge in [-0.1, -0.05) is 0 Å². The molecule has 0 unspecified atom stereocenters. The van der Waals surface area contributed by atoms with E-state index >= 15 is 0 Å². The summed E-state index contributed by atoms with van der Waals surface area (Å²) in [5.41, 5.74) is 0.00887. The lowest BCUT2D eigenvalue weighted by Crippen LogP contribution is -2.49. The van der Waals surface area contributed by atoms with Crippen molar-refractivity contribution in [1.82, 2.24) is 10.3 Å². The summed E-state index contributed by atoms with van der Waals surface area (Å²) in [4.78, 5) is 15.2. The Labute approximate surface area is 89.0 Å². The molecule has 82 valence electrons. The Hall–Kier alpha value is -1.13. The topological polar surface area (TPSA) is 54.1 Å². The van der Waals surface area contributed by atoms with Gasteiger partial charge < -0.3 is 15.0 Å². The number of methoxy groups -OCH3 is 1. The largest absolute Gasteiger partial charge is 0.370 e. The van der Waals surface area contributed by atoms with E-state index < -0.39 is 5.60 Å². The van der Waals surface area contributed by atoms with Crippen LogP contribution in [0.4, 0.5) is 0 Å². The Morgan fingerprint density at radius 3 is 2.73 bits per heavy atom. The number of rotatable bonds is 3. The predicted octanol–water partition coefficient (Wildman–Crippen LogP) is 0.966. The Bertz CT molecular complexity index is 326. The molecule has 1 fully saturated rings. The van der Waals surface area contributed by atoms with Gasteiger partial charge in [-0.2, -0.15) is 0 Å². The van der Waals surface area contributed by atoms with Gasteiger partial charge in [-0.3, -0.25) is 4.79 Å². The quantitative estimate of drug-likeness (QED) is 0.728. The first kappa shape index (κ1) is 10.4. The average molecular weight is 208 g/mol. The molecule has 4 nitrogen and oxygen atoms in total. The number of aromatic nitrogens is 1. The van der Waals surface area contributed by atoms with Crippen LogP contribution in [0.25, 0.3) is 0 Å². The smallest absolute Gasteiger partial charge is 0.210 e. The summed E-state index contributed by atoms with van der Waals surface area (Å²) in [6.07, 6.45) is 3.24. The number of carbonyl (C=O) groups is 1. The number of hydrogen-bond acceptors (Lipinski definition) is 3. The van der Waals surface area contributed by atoms with Crippen LogP contribution in [0.15, 0.2) is 18.3 Å². The van der Waals surface area contributed by atoms with Gasteiger partial charge in [-0.25, -0.2) is 0 Å². The molecule has 0 atom stereocenters. The summed E-state index contributed by atoms with van der Waals surface area (Å²) in [6, 6.07) is 3.63. The molecular weight excluding hydrogens is 192 g/mol. The van der Waals surface area contributed by atoms with E-state index in [0.29, 0.717) is 5.69 Å². The number of Topliss-reactive ketones (excluding diaryl/α,β-unsaturated/α-hetero) is 1. The first-order valence-corrected chi connectivity index (χ1v) is 5.22. The molecule has 0 radical (unpaired) electrons. The first-order chi connectivity index (χ1) is 7.28. The van der Waals surface area contributed by atoms with Crippen molar-refractivity contribution >= 4 is 5.78 Å². The zero-order valence-corrected chi connectivity index (χ0v) is 8.88. The van der Waals surface area contributed by atoms with Gasteiger partial charge in [-0.05, 0) is 38.1 Å². The van der Waals surface area contributed by atoms with E-state index in [1.54, 1.807) is 19.4 Å². The van der Waals surface area contributed by atoms with Crippen LogP contribution in [0.2, 0.25) is 0 Å². The van der Waals surface area contributed by atoms with Gasteiger partial charge >= 0.3 is 0 Å². The second-order valence-electron chi connectivity index (χ2n) is 3.86. The molecule has 1 aliphatic heterocycles. The van der Waals surface area contributed by atoms with E-state index in [1.807, 2.05) is 6.07 Å². The SMILES string of the molecule is COC1(C(=O)c2ccc[nH]2)CCNCC1. The number of nitrogens with one attached hydrogen (secondary N) is 2. The standard InChI is InChI=1S/C11H16N2O2/c1-15-11(4-7-12-8-5-11)10(14)9-3-2-6-13-9/h2-3,6,12-13H,4-5,7-8H2,1H3. The van der Waals surface area contributed by atoms with Gasteiger partial charge in [0.25, 0.3) is 0 Å². The van der Waals surface area contributed by atoms with Crippen molar-refractivity contribution in [3.63, 3.8) is 0 Å². The Morgan fingerprint density at radius 1 is 1.47 bits per heavy atom. The molecule has 0 aromatic carbocycles. The van der Waals surface area contributed by atoms with Crippen molar-refractivity contribution in [3.05, 3.63) is 24.0 Å². The fraction of sp³-hybridized carbons (Fsp3) is 0.545. The minimum atomic E-state index is -0.629. The van der Waals surface area contributed by atoms with Gasteiger partial charge in [0.1, 0.15) is 5.60 Å².